The third kappa shape index (κ3) is 16.2. The summed E-state index contributed by atoms with van der Waals surface area (Å²) in [5, 5.41) is 27.1. The maximum Gasteiger partial charge on any atom is 0.343 e. The lowest BCUT2D eigenvalue weighted by Crippen LogP contribution is -2.26. The fourth-order valence-electron chi connectivity index (χ4n) is 8.61. The molecule has 0 unspecified atom stereocenters. The number of hydrogen-bond acceptors (Lipinski definition) is 17. The number of nitrogens with two attached hydrogens (primary N) is 3. The van der Waals surface area contributed by atoms with Crippen LogP contribution >= 0.6 is 0 Å². The van der Waals surface area contributed by atoms with E-state index in [1.54, 1.807) is 35.2 Å². The highest BCUT2D eigenvalue weighted by atomic mass is 32.2. The smallest absolute Gasteiger partial charge is 0.343 e. The second-order valence-corrected chi connectivity index (χ2v) is 23.1. The zero-order valence-electron chi connectivity index (χ0n) is 45.9. The van der Waals surface area contributed by atoms with Crippen molar-refractivity contribution >= 4 is 65.0 Å². The largest absolute Gasteiger partial charge is 0.478 e. The molecular formula is C57H68N6O15S3. The Kier molecular flexibility index (Phi) is 21.3. The molecule has 0 aliphatic carbocycles. The van der Waals surface area contributed by atoms with Crippen molar-refractivity contribution in [3.8, 4) is 46.0 Å². The Labute approximate surface area is 473 Å². The molecule has 6 aromatic carbocycles. The van der Waals surface area contributed by atoms with Crippen molar-refractivity contribution in [2.75, 3.05) is 54.0 Å². The lowest BCUT2D eigenvalue weighted by molar-refractivity contribution is 0.0692. The molecule has 0 bridgehead atoms. The Morgan fingerprint density at radius 3 is 1.10 bits per heavy atom. The third-order valence-corrected chi connectivity index (χ3v) is 15.4. The van der Waals surface area contributed by atoms with E-state index in [0.717, 1.165) is 43.9 Å². The summed E-state index contributed by atoms with van der Waals surface area (Å²) in [6, 6.07) is 26.8. The van der Waals surface area contributed by atoms with Crippen LogP contribution in [0.25, 0.3) is 0 Å². The molecular weight excluding hydrogens is 1100 g/mol. The highest BCUT2D eigenvalue weighted by Crippen LogP contribution is 2.43. The SMILES string of the molecule is CCCCCN(CC)c1cc(C(=O)O)cc(S(N)(=O)=O)c1Oc1ccc(OC(=O)c2cc(N(CC)CCCC)c(Oc3ccc(OC(=O)c4cc(N(CC)CCC)c(Oc5ccccc5)c(S(N)(=O)=O)c4)cc3)c(S(N)(=O)=O)c2)cc1. The van der Waals surface area contributed by atoms with Gasteiger partial charge in [0.25, 0.3) is 0 Å². The van der Waals surface area contributed by atoms with Crippen LogP contribution in [0.3, 0.4) is 0 Å². The molecule has 0 fully saturated rings. The van der Waals surface area contributed by atoms with Crippen molar-refractivity contribution in [1.29, 1.82) is 0 Å². The standard InChI is InChI=1S/C57H68N6O15S3/c1-7-13-18-31-63(12-6)46-32-38(55(64)65)35-49(79(58,68)69)52(46)75-42-21-25-45(26-22-42)78-57(67)40-34-48(62(11-5)30-14-8-2)54(51(37-40)81(60,72)73)76-43-23-27-44(28-24-43)77-56(66)39-33-47(61(10-4)29-9-3)53(50(36-39)80(59,70)71)74-41-19-16-15-17-20-41/h15-17,19-28,32-37H,7-14,18,29-31H2,1-6H3,(H,64,65)(H2,58,68,69)(H2,59,70,71)(H2,60,72,73). The second kappa shape index (κ2) is 27.6. The third-order valence-electron chi connectivity index (χ3n) is 12.7. The van der Waals surface area contributed by atoms with Crippen molar-refractivity contribution in [1.82, 2.24) is 0 Å². The van der Waals surface area contributed by atoms with E-state index >= 15 is 0 Å². The summed E-state index contributed by atoms with van der Waals surface area (Å²) >= 11 is 0. The Bertz CT molecular complexity index is 3550. The maximum absolute atomic E-state index is 14.0. The van der Waals surface area contributed by atoms with Gasteiger partial charge < -0.3 is 43.5 Å². The van der Waals surface area contributed by atoms with Crippen molar-refractivity contribution in [2.24, 2.45) is 15.4 Å². The summed E-state index contributed by atoms with van der Waals surface area (Å²) in [5.74, 6) is -3.28. The number of primary sulfonamides is 3. The lowest BCUT2D eigenvalue weighted by Gasteiger charge is -2.27. The Morgan fingerprint density at radius 1 is 0.420 bits per heavy atom. The Balaban J connectivity index is 1.30. The molecule has 6 aromatic rings. The first kappa shape index (κ1) is 62.5. The van der Waals surface area contributed by atoms with Gasteiger partial charge in [0.1, 0.15) is 43.4 Å². The Hall–Kier alpha value is -7.74. The first-order valence-electron chi connectivity index (χ1n) is 26.3. The van der Waals surface area contributed by atoms with E-state index in [9.17, 15) is 44.7 Å². The van der Waals surface area contributed by atoms with E-state index in [1.807, 2.05) is 51.3 Å². The topological polar surface area (TPSA) is 308 Å². The number of esters is 2. The number of unbranched alkanes of at least 4 members (excludes halogenated alkanes) is 3. The molecule has 81 heavy (non-hydrogen) atoms. The second-order valence-electron chi connectivity index (χ2n) is 18.5. The van der Waals surface area contributed by atoms with Crippen molar-refractivity contribution < 1.29 is 68.4 Å². The van der Waals surface area contributed by atoms with E-state index in [2.05, 4.69) is 0 Å². The summed E-state index contributed by atoms with van der Waals surface area (Å²) in [7, 11) is -13.6. The molecule has 7 N–H and O–H groups in total. The van der Waals surface area contributed by atoms with Crippen LogP contribution in [-0.2, 0) is 30.1 Å². The molecule has 21 nitrogen and oxygen atoms in total. The summed E-state index contributed by atoms with van der Waals surface area (Å²) < 4.78 is 109. The quantitative estimate of drug-likeness (QED) is 0.0193. The van der Waals surface area contributed by atoms with Crippen LogP contribution in [0.4, 0.5) is 17.1 Å². The molecule has 0 amide bonds. The van der Waals surface area contributed by atoms with Crippen LogP contribution < -0.4 is 53.8 Å². The van der Waals surface area contributed by atoms with Crippen molar-refractivity contribution in [2.45, 2.75) is 94.8 Å². The van der Waals surface area contributed by atoms with Crippen LogP contribution in [0.2, 0.25) is 0 Å². The van der Waals surface area contributed by atoms with Crippen LogP contribution in [0, 0.1) is 0 Å². The fraction of sp³-hybridized carbons (Fsp3) is 0.316. The highest BCUT2D eigenvalue weighted by molar-refractivity contribution is 7.89. The number of carbonyl (C=O) groups excluding carboxylic acids is 2. The van der Waals surface area contributed by atoms with E-state index in [4.69, 9.17) is 39.1 Å². The molecule has 0 atom stereocenters. The number of rotatable bonds is 29. The van der Waals surface area contributed by atoms with Crippen LogP contribution in [0.15, 0.2) is 130 Å². The van der Waals surface area contributed by atoms with Gasteiger partial charge in [0.2, 0.25) is 30.1 Å². The molecule has 0 heterocycles. The van der Waals surface area contributed by atoms with Crippen LogP contribution in [-0.4, -0.2) is 87.5 Å². The fourth-order valence-corrected chi connectivity index (χ4v) is 10.7. The average molecular weight is 1170 g/mol. The highest BCUT2D eigenvalue weighted by Gasteiger charge is 2.30. The number of carboxylic acids is 1. The summed E-state index contributed by atoms with van der Waals surface area (Å²) in [5.41, 5.74) is 0.00236. The first-order chi connectivity index (χ1) is 38.4. The summed E-state index contributed by atoms with van der Waals surface area (Å²) in [4.78, 5) is 43.9. The zero-order chi connectivity index (χ0) is 59.2. The van der Waals surface area contributed by atoms with Gasteiger partial charge in [0, 0.05) is 39.3 Å². The van der Waals surface area contributed by atoms with Gasteiger partial charge in [0.05, 0.1) is 33.8 Å². The zero-order valence-corrected chi connectivity index (χ0v) is 48.4. The van der Waals surface area contributed by atoms with Gasteiger partial charge in [-0.2, -0.15) is 0 Å². The normalized spacial score (nSPS) is 11.6. The first-order valence-corrected chi connectivity index (χ1v) is 30.9. The molecule has 0 aromatic heterocycles. The van der Waals surface area contributed by atoms with E-state index in [-0.39, 0.29) is 68.3 Å². The molecule has 0 radical (unpaired) electrons. The molecule has 6 rings (SSSR count). The predicted molar refractivity (Wildman–Crippen MR) is 308 cm³/mol. The molecule has 0 saturated carbocycles. The molecule has 0 saturated heterocycles. The number of anilines is 3. The van der Waals surface area contributed by atoms with Gasteiger partial charge in [-0.25, -0.2) is 55.1 Å². The number of carboxylic acid groups (broad SMARTS) is 1. The van der Waals surface area contributed by atoms with E-state index in [1.165, 1.54) is 66.7 Å². The van der Waals surface area contributed by atoms with E-state index in [0.29, 0.717) is 63.5 Å². The van der Waals surface area contributed by atoms with Crippen LogP contribution in [0.5, 0.6) is 46.0 Å². The predicted octanol–water partition coefficient (Wildman–Crippen LogP) is 10.0. The Morgan fingerprint density at radius 2 is 0.753 bits per heavy atom. The number of hydrogen-bond donors (Lipinski definition) is 4. The summed E-state index contributed by atoms with van der Waals surface area (Å²) in [6.07, 6.45) is 4.60. The molecule has 434 valence electrons. The number of nitrogens with zero attached hydrogens (tertiary/aromatic N) is 3. The molecule has 0 aliphatic rings. The van der Waals surface area contributed by atoms with Gasteiger partial charge in [-0.1, -0.05) is 58.2 Å². The number of carbonyl (C=O) groups is 3. The number of sulfonamides is 3. The van der Waals surface area contributed by atoms with Gasteiger partial charge in [-0.05, 0) is 137 Å². The number of para-hydroxylation sites is 1. The van der Waals surface area contributed by atoms with Crippen LogP contribution in [0.1, 0.15) is 111 Å². The molecule has 0 spiro atoms. The number of benzene rings is 6. The van der Waals surface area contributed by atoms with E-state index < -0.39 is 62.7 Å². The monoisotopic (exact) mass is 1170 g/mol. The van der Waals surface area contributed by atoms with Gasteiger partial charge in [0.15, 0.2) is 17.2 Å². The van der Waals surface area contributed by atoms with Gasteiger partial charge in [-0.3, -0.25) is 0 Å². The minimum atomic E-state index is -4.65. The van der Waals surface area contributed by atoms with Gasteiger partial charge >= 0.3 is 17.9 Å². The number of ether oxygens (including phenoxy) is 5. The maximum atomic E-state index is 14.0. The summed E-state index contributed by atoms with van der Waals surface area (Å²) in [6.45, 7) is 14.0. The minimum absolute atomic E-state index is 0.00706. The molecule has 0 aliphatic heterocycles. The van der Waals surface area contributed by atoms with Crippen molar-refractivity contribution in [3.63, 3.8) is 0 Å². The number of aromatic carboxylic acids is 1. The van der Waals surface area contributed by atoms with Gasteiger partial charge in [-0.15, -0.1) is 0 Å². The lowest BCUT2D eigenvalue weighted by atomic mass is 10.1. The minimum Gasteiger partial charge on any atom is -0.478 e. The van der Waals surface area contributed by atoms with Crippen molar-refractivity contribution in [3.05, 3.63) is 132 Å². The molecule has 24 heteroatoms. The average Bonchev–Trinajstić information content (AvgIpc) is 3.44.